The first-order valence-corrected chi connectivity index (χ1v) is 6.82. The Morgan fingerprint density at radius 3 is 2.67 bits per heavy atom. The van der Waals surface area contributed by atoms with Crippen molar-refractivity contribution in [2.45, 2.75) is 19.6 Å². The minimum absolute atomic E-state index is 0.0385. The molecule has 0 aliphatic carbocycles. The Hall–Kier alpha value is -1.78. The van der Waals surface area contributed by atoms with Crippen LogP contribution in [0.5, 0.6) is 11.5 Å². The molecule has 0 bridgehead atoms. The van der Waals surface area contributed by atoms with Crippen molar-refractivity contribution in [2.75, 3.05) is 7.11 Å². The molecule has 112 valence electrons. The zero-order valence-corrected chi connectivity index (χ0v) is 12.5. The quantitative estimate of drug-likeness (QED) is 0.903. The SMILES string of the molecule is COc1cc([C@H](C)O)ccc1OCc1cccc(Cl)c1F. The third kappa shape index (κ3) is 3.65. The van der Waals surface area contributed by atoms with Crippen molar-refractivity contribution in [1.29, 1.82) is 0 Å². The highest BCUT2D eigenvalue weighted by atomic mass is 35.5. The normalized spacial score (nSPS) is 12.0. The monoisotopic (exact) mass is 310 g/mol. The van der Waals surface area contributed by atoms with Crippen LogP contribution in [0.1, 0.15) is 24.2 Å². The number of halogens is 2. The first kappa shape index (κ1) is 15.6. The second-order valence-corrected chi connectivity index (χ2v) is 5.00. The van der Waals surface area contributed by atoms with Gasteiger partial charge in [-0.1, -0.05) is 29.8 Å². The van der Waals surface area contributed by atoms with Crippen LogP contribution in [-0.4, -0.2) is 12.2 Å². The zero-order chi connectivity index (χ0) is 15.4. The van der Waals surface area contributed by atoms with E-state index in [1.54, 1.807) is 37.3 Å². The van der Waals surface area contributed by atoms with E-state index >= 15 is 0 Å². The van der Waals surface area contributed by atoms with Gasteiger partial charge in [0.25, 0.3) is 0 Å². The summed E-state index contributed by atoms with van der Waals surface area (Å²) >= 11 is 5.73. The predicted octanol–water partition coefficient (Wildman–Crippen LogP) is 4.12. The molecule has 0 spiro atoms. The van der Waals surface area contributed by atoms with E-state index < -0.39 is 11.9 Å². The third-order valence-electron chi connectivity index (χ3n) is 3.08. The van der Waals surface area contributed by atoms with E-state index in [1.807, 2.05) is 0 Å². The van der Waals surface area contributed by atoms with Crippen LogP contribution in [0.15, 0.2) is 36.4 Å². The Kier molecular flexibility index (Phi) is 5.04. The summed E-state index contributed by atoms with van der Waals surface area (Å²) in [6.45, 7) is 1.70. The summed E-state index contributed by atoms with van der Waals surface area (Å²) in [5.41, 5.74) is 1.08. The van der Waals surface area contributed by atoms with Gasteiger partial charge in [0.1, 0.15) is 12.4 Å². The number of hydrogen-bond donors (Lipinski definition) is 1. The average Bonchev–Trinajstić information content (AvgIpc) is 2.48. The van der Waals surface area contributed by atoms with Gasteiger partial charge in [0.2, 0.25) is 0 Å². The minimum Gasteiger partial charge on any atom is -0.493 e. The van der Waals surface area contributed by atoms with Gasteiger partial charge in [-0.05, 0) is 30.7 Å². The Morgan fingerprint density at radius 2 is 2.00 bits per heavy atom. The summed E-state index contributed by atoms with van der Waals surface area (Å²) in [6, 6.07) is 9.86. The summed E-state index contributed by atoms with van der Waals surface area (Å²) in [5.74, 6) is 0.468. The molecule has 0 saturated heterocycles. The van der Waals surface area contributed by atoms with Gasteiger partial charge in [0, 0.05) is 5.56 Å². The number of ether oxygens (including phenoxy) is 2. The highest BCUT2D eigenvalue weighted by molar-refractivity contribution is 6.30. The Balaban J connectivity index is 2.18. The molecule has 1 atom stereocenters. The van der Waals surface area contributed by atoms with Crippen molar-refractivity contribution in [2.24, 2.45) is 0 Å². The molecule has 0 amide bonds. The van der Waals surface area contributed by atoms with E-state index in [0.29, 0.717) is 22.6 Å². The fraction of sp³-hybridized carbons (Fsp3) is 0.250. The topological polar surface area (TPSA) is 38.7 Å². The second kappa shape index (κ2) is 6.78. The summed E-state index contributed by atoms with van der Waals surface area (Å²) in [7, 11) is 1.51. The standard InChI is InChI=1S/C16H16ClFO3/c1-10(19)11-6-7-14(15(8-11)20-2)21-9-12-4-3-5-13(17)16(12)18/h3-8,10,19H,9H2,1-2H3/t10-/m0/s1. The maximum Gasteiger partial charge on any atom is 0.161 e. The number of methoxy groups -OCH3 is 1. The van der Waals surface area contributed by atoms with E-state index in [-0.39, 0.29) is 11.6 Å². The molecule has 0 aliphatic rings. The van der Waals surface area contributed by atoms with E-state index in [9.17, 15) is 9.50 Å². The Labute approximate surface area is 127 Å². The fourth-order valence-electron chi connectivity index (χ4n) is 1.88. The van der Waals surface area contributed by atoms with Crippen LogP contribution in [0, 0.1) is 5.82 Å². The second-order valence-electron chi connectivity index (χ2n) is 4.59. The van der Waals surface area contributed by atoms with Gasteiger partial charge < -0.3 is 14.6 Å². The van der Waals surface area contributed by atoms with E-state index in [0.717, 1.165) is 0 Å². The molecule has 5 heteroatoms. The molecule has 1 N–H and O–H groups in total. The molecule has 2 aromatic rings. The van der Waals surface area contributed by atoms with Crippen LogP contribution < -0.4 is 9.47 Å². The molecule has 0 aromatic heterocycles. The van der Waals surface area contributed by atoms with Crippen molar-refractivity contribution < 1.29 is 19.0 Å². The van der Waals surface area contributed by atoms with E-state index in [4.69, 9.17) is 21.1 Å². The van der Waals surface area contributed by atoms with Crippen LogP contribution in [0.3, 0.4) is 0 Å². The van der Waals surface area contributed by atoms with Crippen LogP contribution in [0.25, 0.3) is 0 Å². The van der Waals surface area contributed by atoms with Gasteiger partial charge in [-0.25, -0.2) is 4.39 Å². The molecule has 2 aromatic carbocycles. The Morgan fingerprint density at radius 1 is 1.24 bits per heavy atom. The van der Waals surface area contributed by atoms with Gasteiger partial charge in [-0.15, -0.1) is 0 Å². The summed E-state index contributed by atoms with van der Waals surface area (Å²) < 4.78 is 24.6. The molecular formula is C16H16ClFO3. The molecule has 0 unspecified atom stereocenters. The van der Waals surface area contributed by atoms with Crippen molar-refractivity contribution in [3.63, 3.8) is 0 Å². The molecule has 0 saturated carbocycles. The van der Waals surface area contributed by atoms with Crippen molar-refractivity contribution >= 4 is 11.6 Å². The van der Waals surface area contributed by atoms with Gasteiger partial charge in [0.05, 0.1) is 18.2 Å². The summed E-state index contributed by atoms with van der Waals surface area (Å²) in [6.07, 6.45) is -0.599. The van der Waals surface area contributed by atoms with Crippen LogP contribution in [0.4, 0.5) is 4.39 Å². The molecular weight excluding hydrogens is 295 g/mol. The first-order valence-electron chi connectivity index (χ1n) is 6.44. The molecule has 0 radical (unpaired) electrons. The van der Waals surface area contributed by atoms with Gasteiger partial charge in [-0.3, -0.25) is 0 Å². The lowest BCUT2D eigenvalue weighted by Gasteiger charge is -2.13. The lowest BCUT2D eigenvalue weighted by Crippen LogP contribution is -2.01. The number of hydrogen-bond acceptors (Lipinski definition) is 3. The van der Waals surface area contributed by atoms with Crippen LogP contribution in [-0.2, 0) is 6.61 Å². The maximum absolute atomic E-state index is 13.8. The van der Waals surface area contributed by atoms with Crippen LogP contribution >= 0.6 is 11.6 Å². The molecule has 0 aliphatic heterocycles. The molecule has 0 heterocycles. The van der Waals surface area contributed by atoms with E-state index in [2.05, 4.69) is 0 Å². The van der Waals surface area contributed by atoms with Crippen molar-refractivity contribution in [3.8, 4) is 11.5 Å². The van der Waals surface area contributed by atoms with E-state index in [1.165, 1.54) is 13.2 Å². The van der Waals surface area contributed by atoms with Crippen molar-refractivity contribution in [3.05, 3.63) is 58.4 Å². The lowest BCUT2D eigenvalue weighted by molar-refractivity contribution is 0.198. The fourth-order valence-corrected chi connectivity index (χ4v) is 2.07. The van der Waals surface area contributed by atoms with Crippen LogP contribution in [0.2, 0.25) is 5.02 Å². The number of aliphatic hydroxyl groups excluding tert-OH is 1. The highest BCUT2D eigenvalue weighted by Gasteiger charge is 2.11. The largest absolute Gasteiger partial charge is 0.493 e. The van der Waals surface area contributed by atoms with Gasteiger partial charge in [-0.2, -0.15) is 0 Å². The van der Waals surface area contributed by atoms with Gasteiger partial charge >= 0.3 is 0 Å². The van der Waals surface area contributed by atoms with Gasteiger partial charge in [0.15, 0.2) is 11.5 Å². The maximum atomic E-state index is 13.8. The number of rotatable bonds is 5. The summed E-state index contributed by atoms with van der Waals surface area (Å²) in [4.78, 5) is 0. The average molecular weight is 311 g/mol. The molecule has 2 rings (SSSR count). The molecule has 0 fully saturated rings. The predicted molar refractivity (Wildman–Crippen MR) is 79.4 cm³/mol. The third-order valence-corrected chi connectivity index (χ3v) is 3.38. The summed E-state index contributed by atoms with van der Waals surface area (Å²) in [5, 5.41) is 9.61. The number of benzene rings is 2. The molecule has 3 nitrogen and oxygen atoms in total. The highest BCUT2D eigenvalue weighted by Crippen LogP contribution is 2.31. The first-order chi connectivity index (χ1) is 10.0. The minimum atomic E-state index is -0.599. The number of aliphatic hydroxyl groups is 1. The Bertz CT molecular complexity index is 629. The van der Waals surface area contributed by atoms with Crippen molar-refractivity contribution in [1.82, 2.24) is 0 Å². The zero-order valence-electron chi connectivity index (χ0n) is 11.8. The lowest BCUT2D eigenvalue weighted by atomic mass is 10.1. The smallest absolute Gasteiger partial charge is 0.161 e. The molecule has 21 heavy (non-hydrogen) atoms.